The van der Waals surface area contributed by atoms with Gasteiger partial charge in [-0.3, -0.25) is 0 Å². The van der Waals surface area contributed by atoms with Gasteiger partial charge in [-0.05, 0) is 41.0 Å². The van der Waals surface area contributed by atoms with E-state index in [1.165, 1.54) is 0 Å². The molecule has 0 aliphatic heterocycles. The van der Waals surface area contributed by atoms with Crippen LogP contribution in [0.25, 0.3) is 0 Å². The number of methoxy groups -OCH3 is 1. The zero-order chi connectivity index (χ0) is 9.84. The summed E-state index contributed by atoms with van der Waals surface area (Å²) in [5.74, 6) is 0.958. The maximum absolute atomic E-state index is 9.50. The molecule has 1 aromatic carbocycles. The lowest BCUT2D eigenvalue weighted by Gasteiger charge is -2.09. The molecule has 0 amide bonds. The van der Waals surface area contributed by atoms with E-state index in [-0.39, 0.29) is 5.75 Å². The van der Waals surface area contributed by atoms with Gasteiger partial charge in [-0.2, -0.15) is 0 Å². The molecule has 0 aliphatic carbocycles. The fraction of sp³-hybridized carbons (Fsp3) is 0.333. The number of benzene rings is 1. The van der Waals surface area contributed by atoms with E-state index in [9.17, 15) is 5.11 Å². The summed E-state index contributed by atoms with van der Waals surface area (Å²) in [6.45, 7) is 0.499. The highest BCUT2D eigenvalue weighted by Gasteiger charge is 2.09. The summed E-state index contributed by atoms with van der Waals surface area (Å²) >= 11 is 3.35. The Kier molecular flexibility index (Phi) is 3.57. The quantitative estimate of drug-likeness (QED) is 0.852. The number of rotatable bonds is 3. The average molecular weight is 246 g/mol. The average Bonchev–Trinajstić information content (AvgIpc) is 2.12. The summed E-state index contributed by atoms with van der Waals surface area (Å²) in [7, 11) is 1.59. The Hall–Kier alpha value is -0.740. The predicted molar refractivity (Wildman–Crippen MR) is 55.1 cm³/mol. The minimum absolute atomic E-state index is 0.248. The Bertz CT molecular complexity index is 302. The number of halogens is 1. The number of ether oxygens (including phenoxy) is 1. The molecule has 0 saturated carbocycles. The first-order chi connectivity index (χ1) is 6.20. The van der Waals surface area contributed by atoms with E-state index >= 15 is 0 Å². The van der Waals surface area contributed by atoms with Crippen LogP contribution in [0, 0.1) is 0 Å². The van der Waals surface area contributed by atoms with Crippen LogP contribution >= 0.6 is 15.9 Å². The number of nitrogens with two attached hydrogens (primary N) is 1. The smallest absolute Gasteiger partial charge is 0.133 e. The third-order valence-electron chi connectivity index (χ3n) is 1.80. The van der Waals surface area contributed by atoms with E-state index in [4.69, 9.17) is 10.5 Å². The topological polar surface area (TPSA) is 55.5 Å². The minimum atomic E-state index is 0.248. The lowest BCUT2D eigenvalue weighted by Crippen LogP contribution is -2.04. The minimum Gasteiger partial charge on any atom is -0.508 e. The van der Waals surface area contributed by atoms with Crippen LogP contribution in [0.5, 0.6) is 11.5 Å². The van der Waals surface area contributed by atoms with Crippen LogP contribution in [0.2, 0.25) is 0 Å². The van der Waals surface area contributed by atoms with Crippen LogP contribution in [0.15, 0.2) is 16.6 Å². The van der Waals surface area contributed by atoms with Gasteiger partial charge in [0, 0.05) is 5.56 Å². The molecule has 0 fully saturated rings. The summed E-state index contributed by atoms with van der Waals surface area (Å²) in [6.07, 6.45) is 0.629. The number of phenols is 1. The maximum Gasteiger partial charge on any atom is 0.133 e. The molecule has 0 bridgehead atoms. The van der Waals surface area contributed by atoms with E-state index in [0.717, 1.165) is 10.0 Å². The van der Waals surface area contributed by atoms with Crippen molar-refractivity contribution < 1.29 is 9.84 Å². The van der Waals surface area contributed by atoms with Crippen molar-refractivity contribution in [2.24, 2.45) is 5.73 Å². The Morgan fingerprint density at radius 2 is 2.23 bits per heavy atom. The molecule has 0 saturated heterocycles. The molecule has 0 spiro atoms. The molecule has 0 unspecified atom stereocenters. The first kappa shape index (κ1) is 10.3. The van der Waals surface area contributed by atoms with E-state index < -0.39 is 0 Å². The summed E-state index contributed by atoms with van der Waals surface area (Å²) in [5.41, 5.74) is 6.21. The second-order valence-electron chi connectivity index (χ2n) is 2.62. The Labute approximate surface area is 85.6 Å². The lowest BCUT2D eigenvalue weighted by molar-refractivity contribution is 0.407. The highest BCUT2D eigenvalue weighted by atomic mass is 79.9. The SMILES string of the molecule is COc1ccc(O)c(CCN)c1Br. The largest absolute Gasteiger partial charge is 0.508 e. The predicted octanol–water partition coefficient (Wildman–Crippen LogP) is 1.66. The number of aromatic hydroxyl groups is 1. The Balaban J connectivity index is 3.13. The van der Waals surface area contributed by atoms with E-state index in [1.54, 1.807) is 19.2 Å². The van der Waals surface area contributed by atoms with E-state index in [1.807, 2.05) is 0 Å². The van der Waals surface area contributed by atoms with Gasteiger partial charge in [-0.15, -0.1) is 0 Å². The standard InChI is InChI=1S/C9H12BrNO2/c1-13-8-3-2-7(12)6(4-5-11)9(8)10/h2-3,12H,4-5,11H2,1H3. The zero-order valence-electron chi connectivity index (χ0n) is 7.38. The fourth-order valence-corrected chi connectivity index (χ4v) is 1.82. The summed E-state index contributed by atoms with van der Waals surface area (Å²) in [5, 5.41) is 9.50. The van der Waals surface area contributed by atoms with Crippen molar-refractivity contribution in [3.05, 3.63) is 22.2 Å². The Morgan fingerprint density at radius 1 is 1.54 bits per heavy atom. The Morgan fingerprint density at radius 3 is 2.77 bits per heavy atom. The molecule has 3 N–H and O–H groups in total. The van der Waals surface area contributed by atoms with Crippen LogP contribution in [0.3, 0.4) is 0 Å². The van der Waals surface area contributed by atoms with Crippen molar-refractivity contribution in [2.75, 3.05) is 13.7 Å². The van der Waals surface area contributed by atoms with Crippen molar-refractivity contribution in [2.45, 2.75) is 6.42 Å². The third kappa shape index (κ3) is 2.14. The molecule has 72 valence electrons. The van der Waals surface area contributed by atoms with Crippen LogP contribution in [-0.2, 0) is 6.42 Å². The van der Waals surface area contributed by atoms with Gasteiger partial charge in [0.25, 0.3) is 0 Å². The zero-order valence-corrected chi connectivity index (χ0v) is 8.97. The van der Waals surface area contributed by atoms with E-state index in [0.29, 0.717) is 18.7 Å². The molecular formula is C9H12BrNO2. The van der Waals surface area contributed by atoms with Crippen molar-refractivity contribution in [1.29, 1.82) is 0 Å². The van der Waals surface area contributed by atoms with Gasteiger partial charge in [0.15, 0.2) is 0 Å². The van der Waals surface area contributed by atoms with Gasteiger partial charge < -0.3 is 15.6 Å². The normalized spacial score (nSPS) is 10.1. The maximum atomic E-state index is 9.50. The second-order valence-corrected chi connectivity index (χ2v) is 3.41. The summed E-state index contributed by atoms with van der Waals surface area (Å²) in [4.78, 5) is 0. The summed E-state index contributed by atoms with van der Waals surface area (Å²) < 4.78 is 5.87. The lowest BCUT2D eigenvalue weighted by atomic mass is 10.1. The van der Waals surface area contributed by atoms with Crippen LogP contribution < -0.4 is 10.5 Å². The molecule has 0 heterocycles. The van der Waals surface area contributed by atoms with Crippen LogP contribution in [-0.4, -0.2) is 18.8 Å². The molecule has 0 radical (unpaired) electrons. The van der Waals surface area contributed by atoms with Crippen LogP contribution in [0.4, 0.5) is 0 Å². The molecule has 0 aliphatic rings. The van der Waals surface area contributed by atoms with Gasteiger partial charge >= 0.3 is 0 Å². The molecule has 0 aromatic heterocycles. The van der Waals surface area contributed by atoms with E-state index in [2.05, 4.69) is 15.9 Å². The van der Waals surface area contributed by atoms with Gasteiger partial charge in [-0.1, -0.05) is 0 Å². The molecule has 1 aromatic rings. The third-order valence-corrected chi connectivity index (χ3v) is 2.67. The molecule has 0 atom stereocenters. The van der Waals surface area contributed by atoms with Crippen LogP contribution in [0.1, 0.15) is 5.56 Å². The molecular weight excluding hydrogens is 234 g/mol. The van der Waals surface area contributed by atoms with Gasteiger partial charge in [0.1, 0.15) is 11.5 Å². The molecule has 3 nitrogen and oxygen atoms in total. The first-order valence-electron chi connectivity index (χ1n) is 3.95. The summed E-state index contributed by atoms with van der Waals surface area (Å²) in [6, 6.07) is 3.31. The fourth-order valence-electron chi connectivity index (χ4n) is 1.13. The van der Waals surface area contributed by atoms with Gasteiger partial charge in [0.05, 0.1) is 11.6 Å². The number of hydrogen-bond acceptors (Lipinski definition) is 3. The second kappa shape index (κ2) is 4.48. The highest BCUT2D eigenvalue weighted by Crippen LogP contribution is 2.34. The molecule has 13 heavy (non-hydrogen) atoms. The van der Waals surface area contributed by atoms with Gasteiger partial charge in [0.2, 0.25) is 0 Å². The highest BCUT2D eigenvalue weighted by molar-refractivity contribution is 9.10. The number of hydrogen-bond donors (Lipinski definition) is 2. The van der Waals surface area contributed by atoms with Crippen molar-refractivity contribution >= 4 is 15.9 Å². The molecule has 1 rings (SSSR count). The van der Waals surface area contributed by atoms with Crippen molar-refractivity contribution in [3.63, 3.8) is 0 Å². The first-order valence-corrected chi connectivity index (χ1v) is 4.74. The van der Waals surface area contributed by atoms with Crippen molar-refractivity contribution in [1.82, 2.24) is 0 Å². The van der Waals surface area contributed by atoms with Gasteiger partial charge in [-0.25, -0.2) is 0 Å². The monoisotopic (exact) mass is 245 g/mol. The number of phenolic OH excluding ortho intramolecular Hbond substituents is 1. The molecule has 4 heteroatoms. The van der Waals surface area contributed by atoms with Crippen molar-refractivity contribution in [3.8, 4) is 11.5 Å².